The molecule has 0 radical (unpaired) electrons. The normalized spacial score (nSPS) is 11.2. The third kappa shape index (κ3) is 2.87. The second-order valence-corrected chi connectivity index (χ2v) is 3.85. The molecule has 0 aromatic heterocycles. The summed E-state index contributed by atoms with van der Waals surface area (Å²) in [5, 5.41) is 9.56. The number of methoxy groups -OCH3 is 1. The largest absolute Gasteiger partial charge is 0.507 e. The number of hydrogen-bond donors (Lipinski definition) is 1. The van der Waals surface area contributed by atoms with E-state index in [-0.39, 0.29) is 16.1 Å². The lowest BCUT2D eigenvalue weighted by Crippen LogP contribution is -2.13. The van der Waals surface area contributed by atoms with Crippen LogP contribution in [0, 0.1) is 12.7 Å². The molecule has 0 aliphatic rings. The molecule has 0 spiro atoms. The molecule has 0 unspecified atom stereocenters. The van der Waals surface area contributed by atoms with E-state index in [1.807, 2.05) is 0 Å². The average Bonchev–Trinajstić information content (AvgIpc) is 2.33. The average molecular weight is 273 g/mol. The van der Waals surface area contributed by atoms with Gasteiger partial charge in [-0.1, -0.05) is 17.7 Å². The number of hydrogen-bond acceptors (Lipinski definition) is 4. The van der Waals surface area contributed by atoms with Crippen LogP contribution in [-0.4, -0.2) is 24.0 Å². The highest BCUT2D eigenvalue weighted by atomic mass is 35.5. The lowest BCUT2D eigenvalue weighted by molar-refractivity contribution is -0.149. The maximum absolute atomic E-state index is 13.7. The number of ether oxygens (including phenoxy) is 1. The van der Waals surface area contributed by atoms with Crippen LogP contribution in [0.25, 0.3) is 5.76 Å². The summed E-state index contributed by atoms with van der Waals surface area (Å²) in [4.78, 5) is 22.1. The molecule has 0 aliphatic heterocycles. The molecule has 1 N–H and O–H groups in total. The molecule has 18 heavy (non-hydrogen) atoms. The fourth-order valence-electron chi connectivity index (χ4n) is 1.25. The molecule has 0 atom stereocenters. The van der Waals surface area contributed by atoms with Crippen LogP contribution < -0.4 is 0 Å². The molecule has 1 aromatic carbocycles. The van der Waals surface area contributed by atoms with Gasteiger partial charge in [0.15, 0.2) is 0 Å². The molecule has 0 saturated carbocycles. The first-order valence-corrected chi connectivity index (χ1v) is 5.24. The predicted octanol–water partition coefficient (Wildman–Crippen LogP) is 2.43. The van der Waals surface area contributed by atoms with Crippen molar-refractivity contribution in [2.75, 3.05) is 7.11 Å². The van der Waals surface area contributed by atoms with Crippen molar-refractivity contribution in [1.29, 1.82) is 0 Å². The number of aliphatic hydroxyl groups is 1. The zero-order chi connectivity index (χ0) is 13.9. The summed E-state index contributed by atoms with van der Waals surface area (Å²) in [5.74, 6) is -3.75. The van der Waals surface area contributed by atoms with Crippen LogP contribution >= 0.6 is 11.6 Å². The molecule has 4 nitrogen and oxygen atoms in total. The minimum atomic E-state index is -1.16. The highest BCUT2D eigenvalue weighted by Gasteiger charge is 2.18. The first-order valence-electron chi connectivity index (χ1n) is 4.86. The Labute approximate surface area is 108 Å². The molecular weight excluding hydrogens is 263 g/mol. The molecule has 1 aromatic rings. The molecule has 6 heteroatoms. The van der Waals surface area contributed by atoms with Gasteiger partial charge in [-0.25, -0.2) is 9.18 Å². The summed E-state index contributed by atoms with van der Waals surface area (Å²) in [5.41, 5.74) is -0.0752. The monoisotopic (exact) mass is 272 g/mol. The van der Waals surface area contributed by atoms with Gasteiger partial charge < -0.3 is 9.84 Å². The number of aryl methyl sites for hydroxylation is 1. The molecule has 1 rings (SSSR count). The summed E-state index contributed by atoms with van der Waals surface area (Å²) < 4.78 is 17.9. The third-order valence-electron chi connectivity index (χ3n) is 2.19. The van der Waals surface area contributed by atoms with Gasteiger partial charge in [0.2, 0.25) is 0 Å². The Balaban J connectivity index is 3.23. The van der Waals surface area contributed by atoms with Gasteiger partial charge >= 0.3 is 5.97 Å². The number of rotatable bonds is 3. The van der Waals surface area contributed by atoms with Crippen molar-refractivity contribution < 1.29 is 23.8 Å². The molecule has 0 amide bonds. The number of halogens is 2. The Kier molecular flexibility index (Phi) is 4.44. The van der Waals surface area contributed by atoms with Gasteiger partial charge in [-0.2, -0.15) is 0 Å². The van der Waals surface area contributed by atoms with Crippen LogP contribution in [0.2, 0.25) is 5.02 Å². The Morgan fingerprint density at radius 2 is 2.06 bits per heavy atom. The van der Waals surface area contributed by atoms with Crippen molar-refractivity contribution in [3.05, 3.63) is 40.2 Å². The topological polar surface area (TPSA) is 63.6 Å². The van der Waals surface area contributed by atoms with E-state index in [0.717, 1.165) is 7.11 Å². The summed E-state index contributed by atoms with van der Waals surface area (Å²) in [6, 6.07) is 2.80. The summed E-state index contributed by atoms with van der Waals surface area (Å²) in [6.45, 7) is 1.48. The van der Waals surface area contributed by atoms with E-state index in [1.165, 1.54) is 19.1 Å². The van der Waals surface area contributed by atoms with Gasteiger partial charge in [0, 0.05) is 6.08 Å². The lowest BCUT2D eigenvalue weighted by Gasteiger charge is -2.07. The van der Waals surface area contributed by atoms with E-state index in [9.17, 15) is 19.1 Å². The minimum Gasteiger partial charge on any atom is -0.507 e. The molecule has 0 aliphatic carbocycles. The van der Waals surface area contributed by atoms with Crippen LogP contribution in [0.5, 0.6) is 0 Å². The number of esters is 1. The van der Waals surface area contributed by atoms with Crippen molar-refractivity contribution in [3.63, 3.8) is 0 Å². The van der Waals surface area contributed by atoms with Crippen LogP contribution in [0.1, 0.15) is 11.1 Å². The lowest BCUT2D eigenvalue weighted by atomic mass is 10.1. The SMILES string of the molecule is COC(=O)C(=O)/C=C(\O)c1c(Cl)ccc(C)c1F. The summed E-state index contributed by atoms with van der Waals surface area (Å²) in [7, 11) is 1.02. The third-order valence-corrected chi connectivity index (χ3v) is 2.51. The highest BCUT2D eigenvalue weighted by Crippen LogP contribution is 2.27. The van der Waals surface area contributed by atoms with Crippen molar-refractivity contribution in [2.24, 2.45) is 0 Å². The molecule has 0 fully saturated rings. The van der Waals surface area contributed by atoms with Gasteiger partial charge in [0.25, 0.3) is 5.78 Å². The Morgan fingerprint density at radius 3 is 2.61 bits per heavy atom. The van der Waals surface area contributed by atoms with E-state index in [0.29, 0.717) is 6.08 Å². The van der Waals surface area contributed by atoms with Crippen molar-refractivity contribution >= 4 is 29.1 Å². The minimum absolute atomic E-state index is 0.0653. The van der Waals surface area contributed by atoms with Crippen LogP contribution in [0.4, 0.5) is 4.39 Å². The second kappa shape index (κ2) is 5.64. The zero-order valence-electron chi connectivity index (χ0n) is 9.66. The van der Waals surface area contributed by atoms with Crippen LogP contribution in [0.15, 0.2) is 18.2 Å². The first-order chi connectivity index (χ1) is 8.38. The molecular formula is C12H10ClFO4. The van der Waals surface area contributed by atoms with Crippen LogP contribution in [-0.2, 0) is 14.3 Å². The van der Waals surface area contributed by atoms with E-state index in [2.05, 4.69) is 4.74 Å². The first kappa shape index (κ1) is 14.2. The van der Waals surface area contributed by atoms with Crippen molar-refractivity contribution in [2.45, 2.75) is 6.92 Å². The van der Waals surface area contributed by atoms with Crippen LogP contribution in [0.3, 0.4) is 0 Å². The standard InChI is InChI=1S/C12H10ClFO4/c1-6-3-4-7(13)10(11(6)14)8(15)5-9(16)12(17)18-2/h3-5,15H,1-2H3/b8-5-. The Hall–Kier alpha value is -1.88. The molecule has 0 bridgehead atoms. The van der Waals surface area contributed by atoms with E-state index >= 15 is 0 Å². The summed E-state index contributed by atoms with van der Waals surface area (Å²) >= 11 is 5.72. The fourth-order valence-corrected chi connectivity index (χ4v) is 1.49. The van der Waals surface area contributed by atoms with Crippen molar-refractivity contribution in [3.8, 4) is 0 Å². The molecule has 0 heterocycles. The number of benzene rings is 1. The number of aliphatic hydroxyl groups excluding tert-OH is 1. The van der Waals surface area contributed by atoms with E-state index in [4.69, 9.17) is 11.6 Å². The van der Waals surface area contributed by atoms with Gasteiger partial charge in [-0.3, -0.25) is 4.79 Å². The smallest absolute Gasteiger partial charge is 0.378 e. The Morgan fingerprint density at radius 1 is 1.44 bits per heavy atom. The fraction of sp³-hybridized carbons (Fsp3) is 0.167. The molecule has 96 valence electrons. The quantitative estimate of drug-likeness (QED) is 0.397. The number of carbonyl (C=O) groups excluding carboxylic acids is 2. The predicted molar refractivity (Wildman–Crippen MR) is 63.8 cm³/mol. The van der Waals surface area contributed by atoms with Gasteiger partial charge in [0.1, 0.15) is 11.6 Å². The number of ketones is 1. The second-order valence-electron chi connectivity index (χ2n) is 3.44. The Bertz CT molecular complexity index is 537. The highest BCUT2D eigenvalue weighted by molar-refractivity contribution is 6.39. The molecule has 0 saturated heterocycles. The number of carbonyl (C=O) groups is 2. The van der Waals surface area contributed by atoms with Gasteiger partial charge in [-0.05, 0) is 18.6 Å². The zero-order valence-corrected chi connectivity index (χ0v) is 10.4. The van der Waals surface area contributed by atoms with Gasteiger partial charge in [0.05, 0.1) is 17.7 Å². The summed E-state index contributed by atoms with van der Waals surface area (Å²) in [6.07, 6.45) is 0.565. The van der Waals surface area contributed by atoms with E-state index < -0.39 is 23.3 Å². The maximum Gasteiger partial charge on any atom is 0.378 e. The van der Waals surface area contributed by atoms with Gasteiger partial charge in [-0.15, -0.1) is 0 Å². The van der Waals surface area contributed by atoms with Crippen molar-refractivity contribution in [1.82, 2.24) is 0 Å². The van der Waals surface area contributed by atoms with E-state index in [1.54, 1.807) is 0 Å². The maximum atomic E-state index is 13.7.